The first kappa shape index (κ1) is 15.9. The largest absolute Gasteiger partial charge is 0.300 e. The molecule has 0 aliphatic heterocycles. The van der Waals surface area contributed by atoms with E-state index in [1.165, 1.54) is 6.20 Å². The predicted octanol–water partition coefficient (Wildman–Crippen LogP) is 3.61. The smallest absolute Gasteiger partial charge is 0.164 e. The molecule has 0 atom stereocenters. The highest BCUT2D eigenvalue weighted by Gasteiger charge is 2.08. The minimum Gasteiger partial charge on any atom is -0.300 e. The van der Waals surface area contributed by atoms with E-state index in [0.29, 0.717) is 36.9 Å². The van der Waals surface area contributed by atoms with Gasteiger partial charge >= 0.3 is 0 Å². The van der Waals surface area contributed by atoms with Gasteiger partial charge in [-0.1, -0.05) is 12.0 Å². The molecule has 1 rings (SSSR count). The quantitative estimate of drug-likeness (QED) is 0.298. The van der Waals surface area contributed by atoms with Crippen molar-refractivity contribution < 1.29 is 9.59 Å². The molecule has 0 unspecified atom stereocenters. The van der Waals surface area contributed by atoms with E-state index in [-0.39, 0.29) is 18.1 Å². The van der Waals surface area contributed by atoms with Crippen LogP contribution in [0.5, 0.6) is 0 Å². The van der Waals surface area contributed by atoms with Crippen molar-refractivity contribution in [3.8, 4) is 0 Å². The Hall–Kier alpha value is -2.20. The molecule has 0 radical (unpaired) electrons. The molecule has 6 nitrogen and oxygen atoms in total. The van der Waals surface area contributed by atoms with Crippen LogP contribution in [0.15, 0.2) is 23.4 Å². The van der Waals surface area contributed by atoms with Gasteiger partial charge in [-0.05, 0) is 30.5 Å². The number of carbonyl (C=O) groups excluding carboxylic acids is 2. The lowest BCUT2D eigenvalue weighted by molar-refractivity contribution is -0.119. The molecule has 1 aromatic heterocycles. The maximum Gasteiger partial charge on any atom is 0.164 e. The van der Waals surface area contributed by atoms with Crippen LogP contribution in [0, 0.1) is 0 Å². The van der Waals surface area contributed by atoms with Crippen LogP contribution in [0.2, 0.25) is 0 Å². The van der Waals surface area contributed by atoms with Crippen molar-refractivity contribution in [3.05, 3.63) is 40.0 Å². The predicted molar refractivity (Wildman–Crippen MR) is 75.2 cm³/mol. The highest BCUT2D eigenvalue weighted by Crippen LogP contribution is 2.09. The first-order valence-corrected chi connectivity index (χ1v) is 6.68. The third-order valence-corrected chi connectivity index (χ3v) is 2.83. The summed E-state index contributed by atoms with van der Waals surface area (Å²) in [6.07, 6.45) is 4.32. The van der Waals surface area contributed by atoms with Crippen LogP contribution in [0.4, 0.5) is 0 Å². The number of azide groups is 1. The highest BCUT2D eigenvalue weighted by molar-refractivity contribution is 5.96. The molecular formula is C14H18N4O2. The standard InChI is InChI=1S/C14H18N4O2/c1-2-4-13(19)5-3-6-14(20)11-7-8-12(16-9-11)10-17-18-15/h7-9H,2-6,10H2,1H3. The van der Waals surface area contributed by atoms with Crippen LogP contribution in [0.1, 0.15) is 55.1 Å². The molecule has 6 heteroatoms. The van der Waals surface area contributed by atoms with Crippen molar-refractivity contribution in [2.45, 2.75) is 45.6 Å². The fourth-order valence-electron chi connectivity index (χ4n) is 1.78. The van der Waals surface area contributed by atoms with Gasteiger partial charge in [0.2, 0.25) is 0 Å². The van der Waals surface area contributed by atoms with Crippen molar-refractivity contribution in [2.75, 3.05) is 0 Å². The Kier molecular flexibility index (Phi) is 7.00. The van der Waals surface area contributed by atoms with Gasteiger partial charge in [0, 0.05) is 41.6 Å². The summed E-state index contributed by atoms with van der Waals surface area (Å²) >= 11 is 0. The van der Waals surface area contributed by atoms with Gasteiger partial charge in [-0.15, -0.1) is 0 Å². The summed E-state index contributed by atoms with van der Waals surface area (Å²) in [6.45, 7) is 2.14. The minimum atomic E-state index is -0.0165. The van der Waals surface area contributed by atoms with Crippen molar-refractivity contribution in [1.82, 2.24) is 4.98 Å². The van der Waals surface area contributed by atoms with E-state index in [4.69, 9.17) is 5.53 Å². The Balaban J connectivity index is 2.43. The lowest BCUT2D eigenvalue weighted by Gasteiger charge is -2.02. The number of ketones is 2. The molecule has 0 aliphatic carbocycles. The number of carbonyl (C=O) groups is 2. The van der Waals surface area contributed by atoms with E-state index in [1.54, 1.807) is 12.1 Å². The lowest BCUT2D eigenvalue weighted by Crippen LogP contribution is -2.03. The molecule has 0 saturated heterocycles. The number of hydrogen-bond donors (Lipinski definition) is 0. The third-order valence-electron chi connectivity index (χ3n) is 2.83. The lowest BCUT2D eigenvalue weighted by atomic mass is 10.0. The number of Topliss-reactive ketones (excluding diaryl/α,β-unsaturated/α-hetero) is 2. The Labute approximate surface area is 117 Å². The van der Waals surface area contributed by atoms with Crippen LogP contribution >= 0.6 is 0 Å². The Bertz CT molecular complexity index is 504. The monoisotopic (exact) mass is 274 g/mol. The molecule has 20 heavy (non-hydrogen) atoms. The Morgan fingerprint density at radius 1 is 1.30 bits per heavy atom. The van der Waals surface area contributed by atoms with Crippen LogP contribution in [0.25, 0.3) is 10.4 Å². The van der Waals surface area contributed by atoms with Gasteiger partial charge in [-0.2, -0.15) is 0 Å². The van der Waals surface area contributed by atoms with Crippen LogP contribution in [-0.2, 0) is 11.3 Å². The second-order valence-electron chi connectivity index (χ2n) is 4.49. The topological polar surface area (TPSA) is 95.8 Å². The highest BCUT2D eigenvalue weighted by atomic mass is 16.1. The molecule has 0 bridgehead atoms. The zero-order chi connectivity index (χ0) is 14.8. The van der Waals surface area contributed by atoms with E-state index in [9.17, 15) is 9.59 Å². The normalized spacial score (nSPS) is 9.85. The van der Waals surface area contributed by atoms with Gasteiger partial charge in [0.25, 0.3) is 0 Å². The number of hydrogen-bond acceptors (Lipinski definition) is 4. The van der Waals surface area contributed by atoms with E-state index < -0.39 is 0 Å². The number of aromatic nitrogens is 1. The van der Waals surface area contributed by atoms with Crippen molar-refractivity contribution in [2.24, 2.45) is 5.11 Å². The number of nitrogens with zero attached hydrogens (tertiary/aromatic N) is 4. The fourth-order valence-corrected chi connectivity index (χ4v) is 1.78. The number of rotatable bonds is 9. The molecule has 1 heterocycles. The SMILES string of the molecule is CCCC(=O)CCCC(=O)c1ccc(CN=[N+]=[N-])nc1. The van der Waals surface area contributed by atoms with Crippen molar-refractivity contribution >= 4 is 11.6 Å². The first-order valence-electron chi connectivity index (χ1n) is 6.68. The fraction of sp³-hybridized carbons (Fsp3) is 0.500. The summed E-state index contributed by atoms with van der Waals surface area (Å²) in [7, 11) is 0. The van der Waals surface area contributed by atoms with Gasteiger partial charge in [0.15, 0.2) is 5.78 Å². The molecule has 0 fully saturated rings. The molecule has 106 valence electrons. The van der Waals surface area contributed by atoms with E-state index >= 15 is 0 Å². The summed E-state index contributed by atoms with van der Waals surface area (Å²) < 4.78 is 0. The number of pyridine rings is 1. The first-order chi connectivity index (χ1) is 9.67. The van der Waals surface area contributed by atoms with Crippen LogP contribution in [-0.4, -0.2) is 16.6 Å². The van der Waals surface area contributed by atoms with Crippen molar-refractivity contribution in [1.29, 1.82) is 0 Å². The molecule has 0 amide bonds. The third kappa shape index (κ3) is 5.63. The molecular weight excluding hydrogens is 256 g/mol. The molecule has 0 N–H and O–H groups in total. The van der Waals surface area contributed by atoms with Crippen LogP contribution < -0.4 is 0 Å². The van der Waals surface area contributed by atoms with Gasteiger partial charge in [-0.25, -0.2) is 0 Å². The summed E-state index contributed by atoms with van der Waals surface area (Å²) in [5.74, 6) is 0.195. The summed E-state index contributed by atoms with van der Waals surface area (Å²) in [4.78, 5) is 29.9. The maximum absolute atomic E-state index is 11.9. The van der Waals surface area contributed by atoms with Gasteiger partial charge < -0.3 is 0 Å². The molecule has 0 spiro atoms. The zero-order valence-corrected chi connectivity index (χ0v) is 11.6. The maximum atomic E-state index is 11.9. The van der Waals surface area contributed by atoms with Gasteiger partial charge in [0.1, 0.15) is 5.78 Å². The summed E-state index contributed by atoms with van der Waals surface area (Å²) in [5, 5.41) is 3.40. The molecule has 0 aromatic carbocycles. The second-order valence-corrected chi connectivity index (χ2v) is 4.49. The van der Waals surface area contributed by atoms with E-state index in [1.807, 2.05) is 6.92 Å². The summed E-state index contributed by atoms with van der Waals surface area (Å²) in [6, 6.07) is 3.34. The average Bonchev–Trinajstić information content (AvgIpc) is 2.46. The average molecular weight is 274 g/mol. The summed E-state index contributed by atoms with van der Waals surface area (Å²) in [5.41, 5.74) is 9.35. The Morgan fingerprint density at radius 3 is 2.70 bits per heavy atom. The van der Waals surface area contributed by atoms with Crippen LogP contribution in [0.3, 0.4) is 0 Å². The molecule has 0 saturated carbocycles. The zero-order valence-electron chi connectivity index (χ0n) is 11.6. The minimum absolute atomic E-state index is 0.0165. The van der Waals surface area contributed by atoms with Gasteiger partial charge in [0.05, 0.1) is 6.54 Å². The molecule has 0 aliphatic rings. The molecule has 1 aromatic rings. The van der Waals surface area contributed by atoms with E-state index in [0.717, 1.165) is 6.42 Å². The Morgan fingerprint density at radius 2 is 2.10 bits per heavy atom. The van der Waals surface area contributed by atoms with Gasteiger partial charge in [-0.3, -0.25) is 14.6 Å². The van der Waals surface area contributed by atoms with E-state index in [2.05, 4.69) is 15.0 Å². The second kappa shape index (κ2) is 8.82. The van der Waals surface area contributed by atoms with Crippen molar-refractivity contribution in [3.63, 3.8) is 0 Å².